The van der Waals surface area contributed by atoms with Gasteiger partial charge in [0.2, 0.25) is 0 Å². The van der Waals surface area contributed by atoms with Crippen molar-refractivity contribution < 1.29 is 18.3 Å². The second kappa shape index (κ2) is 8.27. The fourth-order valence-corrected chi connectivity index (χ4v) is 4.88. The maximum absolute atomic E-state index is 14.0. The van der Waals surface area contributed by atoms with Crippen molar-refractivity contribution in [3.63, 3.8) is 0 Å². The normalized spacial score (nSPS) is 26.9. The van der Waals surface area contributed by atoms with Crippen LogP contribution in [0.25, 0.3) is 0 Å². The molecule has 0 spiro atoms. The van der Waals surface area contributed by atoms with E-state index in [1.807, 2.05) is 11.0 Å². The lowest BCUT2D eigenvalue weighted by Crippen LogP contribution is -2.47. The molecule has 0 aliphatic carbocycles. The third kappa shape index (κ3) is 4.25. The topological polar surface area (TPSA) is 99.3 Å². The fraction of sp³-hybridized carbons (Fsp3) is 0.619. The van der Waals surface area contributed by atoms with Crippen LogP contribution >= 0.6 is 0 Å². The first kappa shape index (κ1) is 21.0. The standard InChI is InChI=1S/C21H27F2N7O2/c1-13-9-21(22,23)5-7-30(13)18-8-19(29-11-14-2-3-15(12-29)32-14)28-27-17(18)10-24-20(31)16-4-6-25-26-16/h4,6,8,13-15H,2-3,5,7,9-12H2,1H3,(H,24,31)(H,25,26). The molecule has 5 heterocycles. The van der Waals surface area contributed by atoms with Crippen LogP contribution in [-0.4, -0.2) is 70.1 Å². The molecule has 5 rings (SSSR count). The number of alkyl halides is 2. The molecule has 0 aromatic carbocycles. The van der Waals surface area contributed by atoms with E-state index >= 15 is 0 Å². The Hall–Kier alpha value is -2.82. The molecule has 0 saturated carbocycles. The predicted molar refractivity (Wildman–Crippen MR) is 113 cm³/mol. The molecule has 32 heavy (non-hydrogen) atoms. The summed E-state index contributed by atoms with van der Waals surface area (Å²) in [6.45, 7) is 3.64. The zero-order valence-electron chi connectivity index (χ0n) is 17.9. The van der Waals surface area contributed by atoms with Gasteiger partial charge < -0.3 is 19.9 Å². The van der Waals surface area contributed by atoms with Crippen molar-refractivity contribution in [2.75, 3.05) is 29.4 Å². The first-order valence-corrected chi connectivity index (χ1v) is 11.1. The molecule has 172 valence electrons. The molecule has 3 aliphatic rings. The number of amides is 1. The van der Waals surface area contributed by atoms with Gasteiger partial charge in [-0.2, -0.15) is 5.10 Å². The molecule has 0 radical (unpaired) electrons. The zero-order valence-corrected chi connectivity index (χ0v) is 17.9. The number of aromatic amines is 1. The van der Waals surface area contributed by atoms with Crippen LogP contribution < -0.4 is 15.1 Å². The van der Waals surface area contributed by atoms with Crippen LogP contribution in [0.15, 0.2) is 18.3 Å². The van der Waals surface area contributed by atoms with Gasteiger partial charge >= 0.3 is 0 Å². The Kier molecular flexibility index (Phi) is 5.44. The largest absolute Gasteiger partial charge is 0.371 e. The molecule has 3 aliphatic heterocycles. The smallest absolute Gasteiger partial charge is 0.269 e. The van der Waals surface area contributed by atoms with Crippen molar-refractivity contribution in [3.05, 3.63) is 29.7 Å². The highest BCUT2D eigenvalue weighted by Gasteiger charge is 2.40. The molecule has 2 aromatic heterocycles. The summed E-state index contributed by atoms with van der Waals surface area (Å²) in [5.74, 6) is -2.27. The molecule has 3 saturated heterocycles. The molecular formula is C21H27F2N7O2. The lowest BCUT2D eigenvalue weighted by atomic mass is 9.98. The third-order valence-electron chi connectivity index (χ3n) is 6.52. The van der Waals surface area contributed by atoms with Crippen LogP contribution in [0.5, 0.6) is 0 Å². The maximum atomic E-state index is 14.0. The molecule has 11 heteroatoms. The van der Waals surface area contributed by atoms with Gasteiger partial charge in [0, 0.05) is 50.8 Å². The summed E-state index contributed by atoms with van der Waals surface area (Å²) in [4.78, 5) is 16.5. The van der Waals surface area contributed by atoms with Crippen LogP contribution in [-0.2, 0) is 11.3 Å². The number of ether oxygens (including phenoxy) is 1. The van der Waals surface area contributed by atoms with Gasteiger partial charge in [-0.05, 0) is 25.8 Å². The zero-order chi connectivity index (χ0) is 22.3. The SMILES string of the molecule is CC1CC(F)(F)CCN1c1cc(N2CC3CCC(C2)O3)nnc1CNC(=O)c1ccn[nH]1. The minimum Gasteiger partial charge on any atom is -0.371 e. The van der Waals surface area contributed by atoms with Crippen LogP contribution in [0.3, 0.4) is 0 Å². The molecule has 3 fully saturated rings. The average Bonchev–Trinajstić information content (AvgIpc) is 3.41. The van der Waals surface area contributed by atoms with Gasteiger partial charge in [-0.1, -0.05) is 0 Å². The number of hydrogen-bond donors (Lipinski definition) is 2. The highest BCUT2D eigenvalue weighted by atomic mass is 19.3. The van der Waals surface area contributed by atoms with Crippen molar-refractivity contribution >= 4 is 17.4 Å². The van der Waals surface area contributed by atoms with Gasteiger partial charge in [0.15, 0.2) is 5.82 Å². The first-order chi connectivity index (χ1) is 15.4. The summed E-state index contributed by atoms with van der Waals surface area (Å²) in [6.07, 6.45) is 3.54. The van der Waals surface area contributed by atoms with E-state index in [-0.39, 0.29) is 50.1 Å². The van der Waals surface area contributed by atoms with Crippen LogP contribution in [0.2, 0.25) is 0 Å². The number of halogens is 2. The highest BCUT2D eigenvalue weighted by Crippen LogP contribution is 2.37. The van der Waals surface area contributed by atoms with Crippen LogP contribution in [0, 0.1) is 0 Å². The predicted octanol–water partition coefficient (Wildman–Crippen LogP) is 2.12. The van der Waals surface area contributed by atoms with E-state index in [0.29, 0.717) is 17.2 Å². The van der Waals surface area contributed by atoms with Crippen molar-refractivity contribution in [1.82, 2.24) is 25.7 Å². The molecule has 9 nitrogen and oxygen atoms in total. The number of anilines is 2. The summed E-state index contributed by atoms with van der Waals surface area (Å²) in [5, 5.41) is 18.1. The van der Waals surface area contributed by atoms with E-state index in [1.165, 1.54) is 6.20 Å². The van der Waals surface area contributed by atoms with E-state index in [9.17, 15) is 13.6 Å². The summed E-state index contributed by atoms with van der Waals surface area (Å²) in [6, 6.07) is 3.14. The van der Waals surface area contributed by atoms with Crippen molar-refractivity contribution in [3.8, 4) is 0 Å². The number of H-pyrrole nitrogens is 1. The lowest BCUT2D eigenvalue weighted by Gasteiger charge is -2.40. The molecule has 1 amide bonds. The van der Waals surface area contributed by atoms with Gasteiger partial charge in [0.1, 0.15) is 11.4 Å². The quantitative estimate of drug-likeness (QED) is 0.724. The Morgan fingerprint density at radius 1 is 1.31 bits per heavy atom. The Morgan fingerprint density at radius 2 is 2.09 bits per heavy atom. The third-order valence-corrected chi connectivity index (χ3v) is 6.52. The minimum absolute atomic E-state index is 0.133. The lowest BCUT2D eigenvalue weighted by molar-refractivity contribution is -0.0318. The second-order valence-electron chi connectivity index (χ2n) is 8.90. The van der Waals surface area contributed by atoms with Gasteiger partial charge in [-0.25, -0.2) is 8.78 Å². The van der Waals surface area contributed by atoms with Crippen LogP contribution in [0.1, 0.15) is 48.8 Å². The Labute approximate surface area is 184 Å². The van der Waals surface area contributed by atoms with Gasteiger partial charge in [-0.15, -0.1) is 10.2 Å². The number of nitrogens with zero attached hydrogens (tertiary/aromatic N) is 5. The van der Waals surface area contributed by atoms with Gasteiger partial charge in [-0.3, -0.25) is 9.89 Å². The summed E-state index contributed by atoms with van der Waals surface area (Å²) >= 11 is 0. The number of carbonyl (C=O) groups excluding carboxylic acids is 1. The number of fused-ring (bicyclic) bond motifs is 2. The van der Waals surface area contributed by atoms with Crippen molar-refractivity contribution in [1.29, 1.82) is 0 Å². The molecule has 3 atom stereocenters. The molecule has 2 N–H and O–H groups in total. The average molecular weight is 447 g/mol. The van der Waals surface area contributed by atoms with E-state index in [0.717, 1.165) is 31.6 Å². The monoisotopic (exact) mass is 447 g/mol. The first-order valence-electron chi connectivity index (χ1n) is 11.1. The van der Waals surface area contributed by atoms with Crippen LogP contribution in [0.4, 0.5) is 20.3 Å². The molecule has 2 aromatic rings. The van der Waals surface area contributed by atoms with E-state index in [4.69, 9.17) is 4.74 Å². The second-order valence-corrected chi connectivity index (χ2v) is 8.90. The minimum atomic E-state index is -2.67. The summed E-state index contributed by atoms with van der Waals surface area (Å²) in [5.41, 5.74) is 1.63. The summed E-state index contributed by atoms with van der Waals surface area (Å²) < 4.78 is 33.9. The number of hydrogen-bond acceptors (Lipinski definition) is 7. The number of carbonyl (C=O) groups is 1. The number of aromatic nitrogens is 4. The molecular weight excluding hydrogens is 420 g/mol. The Balaban J connectivity index is 1.40. The number of piperidine rings is 1. The fourth-order valence-electron chi connectivity index (χ4n) is 4.88. The number of nitrogens with one attached hydrogen (secondary N) is 2. The van der Waals surface area contributed by atoms with Crippen molar-refractivity contribution in [2.24, 2.45) is 0 Å². The van der Waals surface area contributed by atoms with Gasteiger partial charge in [0.05, 0.1) is 24.4 Å². The van der Waals surface area contributed by atoms with Crippen molar-refractivity contribution in [2.45, 2.75) is 63.3 Å². The number of rotatable bonds is 5. The summed E-state index contributed by atoms with van der Waals surface area (Å²) in [7, 11) is 0. The number of morpholine rings is 1. The Bertz CT molecular complexity index is 959. The van der Waals surface area contributed by atoms with E-state index < -0.39 is 5.92 Å². The van der Waals surface area contributed by atoms with E-state index in [1.54, 1.807) is 13.0 Å². The molecule has 2 bridgehead atoms. The van der Waals surface area contributed by atoms with Gasteiger partial charge in [0.25, 0.3) is 11.8 Å². The highest BCUT2D eigenvalue weighted by molar-refractivity contribution is 5.92. The maximum Gasteiger partial charge on any atom is 0.269 e. The molecule has 3 unspecified atom stereocenters. The Morgan fingerprint density at radius 3 is 2.78 bits per heavy atom. The van der Waals surface area contributed by atoms with E-state index in [2.05, 4.69) is 30.6 Å².